The van der Waals surface area contributed by atoms with E-state index in [4.69, 9.17) is 22.7 Å². The normalized spacial score (nSPS) is 23.4. The Kier molecular flexibility index (Phi) is 4.11. The molecule has 0 aromatic heterocycles. The number of nitrogens with two attached hydrogens (primary N) is 1. The summed E-state index contributed by atoms with van der Waals surface area (Å²) >= 11 is 5.18. The lowest BCUT2D eigenvalue weighted by Gasteiger charge is -2.41. The van der Waals surface area contributed by atoms with E-state index < -0.39 is 0 Å². The molecule has 19 heavy (non-hydrogen) atoms. The second-order valence-corrected chi connectivity index (χ2v) is 6.00. The molecule has 0 saturated carbocycles. The maximum atomic E-state index is 5.86. The van der Waals surface area contributed by atoms with Crippen molar-refractivity contribution in [3.8, 4) is 0 Å². The number of methoxy groups -OCH3 is 1. The number of nitrogens with zero attached hydrogens (tertiary/aromatic N) is 1. The molecule has 1 aliphatic rings. The van der Waals surface area contributed by atoms with E-state index in [0.717, 1.165) is 37.2 Å². The second kappa shape index (κ2) is 5.47. The minimum atomic E-state index is -0.0867. The van der Waals surface area contributed by atoms with Crippen LogP contribution in [0.4, 0.5) is 5.69 Å². The molecule has 1 heterocycles. The number of hydrogen-bond acceptors (Lipinski definition) is 3. The molecule has 1 aliphatic heterocycles. The highest BCUT2D eigenvalue weighted by atomic mass is 32.1. The van der Waals surface area contributed by atoms with Crippen LogP contribution >= 0.6 is 12.2 Å². The lowest BCUT2D eigenvalue weighted by atomic mass is 9.93. The van der Waals surface area contributed by atoms with Crippen LogP contribution in [0.25, 0.3) is 0 Å². The molecule has 3 nitrogen and oxygen atoms in total. The Labute approximate surface area is 120 Å². The van der Waals surface area contributed by atoms with E-state index in [0.29, 0.717) is 4.99 Å². The van der Waals surface area contributed by atoms with Gasteiger partial charge in [-0.05, 0) is 38.8 Å². The Bertz CT molecular complexity index is 489. The van der Waals surface area contributed by atoms with Crippen molar-refractivity contribution in [3.05, 3.63) is 29.3 Å². The molecule has 1 aromatic rings. The van der Waals surface area contributed by atoms with Gasteiger partial charge in [0, 0.05) is 31.5 Å². The van der Waals surface area contributed by atoms with Crippen LogP contribution in [0, 0.1) is 6.92 Å². The van der Waals surface area contributed by atoms with Crippen LogP contribution < -0.4 is 10.6 Å². The van der Waals surface area contributed by atoms with Crippen LogP contribution in [0.5, 0.6) is 0 Å². The second-order valence-electron chi connectivity index (χ2n) is 5.56. The van der Waals surface area contributed by atoms with Crippen molar-refractivity contribution in [2.24, 2.45) is 5.73 Å². The third kappa shape index (κ3) is 3.07. The van der Waals surface area contributed by atoms with Crippen LogP contribution in [-0.2, 0) is 4.74 Å². The maximum Gasteiger partial charge on any atom is 0.106 e. The first kappa shape index (κ1) is 14.3. The third-order valence-electron chi connectivity index (χ3n) is 3.91. The van der Waals surface area contributed by atoms with Crippen LogP contribution in [0.1, 0.15) is 30.9 Å². The Morgan fingerprint density at radius 3 is 2.84 bits per heavy atom. The lowest BCUT2D eigenvalue weighted by molar-refractivity contribution is -0.00465. The molecule has 0 bridgehead atoms. The van der Waals surface area contributed by atoms with Gasteiger partial charge in [0.05, 0.1) is 5.60 Å². The topological polar surface area (TPSA) is 38.5 Å². The highest BCUT2D eigenvalue weighted by Gasteiger charge is 2.31. The molecule has 0 amide bonds. The Morgan fingerprint density at radius 2 is 2.21 bits per heavy atom. The Hall–Kier alpha value is -1.13. The van der Waals surface area contributed by atoms with Crippen molar-refractivity contribution < 1.29 is 4.74 Å². The van der Waals surface area contributed by atoms with E-state index in [2.05, 4.69) is 36.9 Å². The number of aryl methyl sites for hydroxylation is 1. The number of hydrogen-bond donors (Lipinski definition) is 1. The molecule has 1 aromatic carbocycles. The zero-order chi connectivity index (χ0) is 14.0. The molecule has 1 fully saturated rings. The molecule has 4 heteroatoms. The maximum absolute atomic E-state index is 5.86. The molecule has 0 aliphatic carbocycles. The summed E-state index contributed by atoms with van der Waals surface area (Å²) in [6, 6.07) is 6.29. The number of rotatable bonds is 3. The summed E-state index contributed by atoms with van der Waals surface area (Å²) < 4.78 is 5.65. The van der Waals surface area contributed by atoms with Gasteiger partial charge >= 0.3 is 0 Å². The Morgan fingerprint density at radius 1 is 1.47 bits per heavy atom. The van der Waals surface area contributed by atoms with E-state index in [1.807, 2.05) is 0 Å². The van der Waals surface area contributed by atoms with E-state index in [9.17, 15) is 0 Å². The van der Waals surface area contributed by atoms with Gasteiger partial charge in [-0.2, -0.15) is 0 Å². The van der Waals surface area contributed by atoms with Gasteiger partial charge in [-0.3, -0.25) is 0 Å². The first-order valence-corrected chi connectivity index (χ1v) is 7.06. The first-order valence-electron chi connectivity index (χ1n) is 6.66. The molecule has 0 radical (unpaired) electrons. The summed E-state index contributed by atoms with van der Waals surface area (Å²) in [5, 5.41) is 0. The van der Waals surface area contributed by atoms with Crippen molar-refractivity contribution >= 4 is 22.9 Å². The van der Waals surface area contributed by atoms with Gasteiger partial charge in [0.25, 0.3) is 0 Å². The predicted molar refractivity (Wildman–Crippen MR) is 83.9 cm³/mol. The van der Waals surface area contributed by atoms with Crippen molar-refractivity contribution in [2.45, 2.75) is 32.3 Å². The summed E-state index contributed by atoms with van der Waals surface area (Å²) in [5.74, 6) is 0. The van der Waals surface area contributed by atoms with E-state index in [1.54, 1.807) is 7.11 Å². The van der Waals surface area contributed by atoms with Crippen molar-refractivity contribution in [1.29, 1.82) is 0 Å². The number of piperidine rings is 1. The molecule has 0 spiro atoms. The molecule has 2 rings (SSSR count). The van der Waals surface area contributed by atoms with Crippen LogP contribution in [-0.4, -0.2) is 30.8 Å². The smallest absolute Gasteiger partial charge is 0.106 e. The highest BCUT2D eigenvalue weighted by Crippen LogP contribution is 2.30. The van der Waals surface area contributed by atoms with Gasteiger partial charge in [-0.1, -0.05) is 23.8 Å². The fourth-order valence-electron chi connectivity index (χ4n) is 2.70. The SMILES string of the molecule is COC1(C)CCCN(c2ccc(C)cc2C(N)=S)C1. The molecular formula is C15H22N2OS. The van der Waals surface area contributed by atoms with Crippen molar-refractivity contribution in [1.82, 2.24) is 0 Å². The fourth-order valence-corrected chi connectivity index (χ4v) is 2.86. The average molecular weight is 278 g/mol. The molecule has 1 atom stereocenters. The molecule has 2 N–H and O–H groups in total. The van der Waals surface area contributed by atoms with Gasteiger partial charge in [0.2, 0.25) is 0 Å². The quantitative estimate of drug-likeness (QED) is 0.863. The van der Waals surface area contributed by atoms with Gasteiger partial charge in [0.1, 0.15) is 4.99 Å². The summed E-state index contributed by atoms with van der Waals surface area (Å²) in [6.07, 6.45) is 2.21. The molecule has 1 unspecified atom stereocenters. The van der Waals surface area contributed by atoms with Gasteiger partial charge < -0.3 is 15.4 Å². The van der Waals surface area contributed by atoms with Gasteiger partial charge in [-0.15, -0.1) is 0 Å². The largest absolute Gasteiger partial charge is 0.389 e. The van der Waals surface area contributed by atoms with E-state index in [-0.39, 0.29) is 5.60 Å². The Balaban J connectivity index is 2.33. The number of thiocarbonyl (C=S) groups is 1. The number of ether oxygens (including phenoxy) is 1. The summed E-state index contributed by atoms with van der Waals surface area (Å²) in [7, 11) is 1.78. The van der Waals surface area contributed by atoms with Gasteiger partial charge in [-0.25, -0.2) is 0 Å². The minimum Gasteiger partial charge on any atom is -0.389 e. The zero-order valence-electron chi connectivity index (χ0n) is 11.9. The molecule has 104 valence electrons. The van der Waals surface area contributed by atoms with Crippen LogP contribution in [0.15, 0.2) is 18.2 Å². The third-order valence-corrected chi connectivity index (χ3v) is 4.13. The first-order chi connectivity index (χ1) is 8.95. The lowest BCUT2D eigenvalue weighted by Crippen LogP contribution is -2.48. The zero-order valence-corrected chi connectivity index (χ0v) is 12.7. The molecular weight excluding hydrogens is 256 g/mol. The van der Waals surface area contributed by atoms with Crippen LogP contribution in [0.2, 0.25) is 0 Å². The summed E-state index contributed by atoms with van der Waals surface area (Å²) in [4.78, 5) is 2.80. The molecule has 1 saturated heterocycles. The standard InChI is InChI=1S/C15H22N2OS/c1-11-5-6-13(12(9-11)14(16)19)17-8-4-7-15(2,10-17)18-3/h5-6,9H,4,7-8,10H2,1-3H3,(H2,16,19). The van der Waals surface area contributed by atoms with Gasteiger partial charge in [0.15, 0.2) is 0 Å². The summed E-state index contributed by atoms with van der Waals surface area (Å²) in [5.41, 5.74) is 9.05. The van der Waals surface area contributed by atoms with Crippen molar-refractivity contribution in [2.75, 3.05) is 25.1 Å². The monoisotopic (exact) mass is 278 g/mol. The van der Waals surface area contributed by atoms with E-state index >= 15 is 0 Å². The predicted octanol–water partition coefficient (Wildman–Crippen LogP) is 2.63. The van der Waals surface area contributed by atoms with Crippen LogP contribution in [0.3, 0.4) is 0 Å². The number of anilines is 1. The minimum absolute atomic E-state index is 0.0867. The fraction of sp³-hybridized carbons (Fsp3) is 0.533. The summed E-state index contributed by atoms with van der Waals surface area (Å²) in [6.45, 7) is 6.12. The number of benzene rings is 1. The van der Waals surface area contributed by atoms with Crippen molar-refractivity contribution in [3.63, 3.8) is 0 Å². The highest BCUT2D eigenvalue weighted by molar-refractivity contribution is 7.80. The van der Waals surface area contributed by atoms with E-state index in [1.165, 1.54) is 5.56 Å². The average Bonchev–Trinajstić information content (AvgIpc) is 2.38.